The summed E-state index contributed by atoms with van der Waals surface area (Å²) in [4.78, 5) is 1.31. The van der Waals surface area contributed by atoms with Gasteiger partial charge in [0.25, 0.3) is 0 Å². The molecule has 0 atom stereocenters. The quantitative estimate of drug-likeness (QED) is 0.703. The predicted octanol–water partition coefficient (Wildman–Crippen LogP) is 3.94. The maximum Gasteiger partial charge on any atom is 0.0896 e. The monoisotopic (exact) mass is 304 g/mol. The molecule has 3 rings (SSSR count). The standard InChI is InChI=1S/C9H8N2S5/c10-4-3-5(14-6(4)11)7-15-8-9(16-7)13-2-1-12-8/h1-2H,3,10-11H2. The number of nitrogens with two attached hydrogens (primary N) is 2. The Hall–Kier alpha value is 0.310. The van der Waals surface area contributed by atoms with Crippen LogP contribution in [0.15, 0.2) is 39.2 Å². The average Bonchev–Trinajstić information content (AvgIpc) is 2.83. The first-order valence-electron chi connectivity index (χ1n) is 4.47. The van der Waals surface area contributed by atoms with Crippen molar-refractivity contribution in [1.29, 1.82) is 0 Å². The van der Waals surface area contributed by atoms with Gasteiger partial charge in [-0.1, -0.05) is 58.8 Å². The van der Waals surface area contributed by atoms with Crippen LogP contribution in [0, 0.1) is 0 Å². The second-order valence-electron chi connectivity index (χ2n) is 3.17. The van der Waals surface area contributed by atoms with Crippen LogP contribution < -0.4 is 11.5 Å². The molecule has 4 N–H and O–H groups in total. The number of hydrogen-bond acceptors (Lipinski definition) is 7. The van der Waals surface area contributed by atoms with Crippen LogP contribution >= 0.6 is 58.8 Å². The summed E-state index contributed by atoms with van der Waals surface area (Å²) >= 11 is 8.92. The highest BCUT2D eigenvalue weighted by Gasteiger charge is 2.28. The van der Waals surface area contributed by atoms with E-state index in [1.165, 1.54) is 17.6 Å². The van der Waals surface area contributed by atoms with Crippen LogP contribution in [-0.2, 0) is 0 Å². The van der Waals surface area contributed by atoms with Crippen LogP contribution in [0.25, 0.3) is 0 Å². The third kappa shape index (κ3) is 2.03. The third-order valence-corrected chi connectivity index (χ3v) is 8.70. The lowest BCUT2D eigenvalue weighted by molar-refractivity contribution is 1.15. The third-order valence-electron chi connectivity index (χ3n) is 2.07. The van der Waals surface area contributed by atoms with Gasteiger partial charge in [0, 0.05) is 17.0 Å². The van der Waals surface area contributed by atoms with E-state index in [0.29, 0.717) is 0 Å². The molecule has 0 unspecified atom stereocenters. The van der Waals surface area contributed by atoms with Crippen molar-refractivity contribution in [3.8, 4) is 0 Å². The fourth-order valence-electron chi connectivity index (χ4n) is 1.32. The van der Waals surface area contributed by atoms with Crippen molar-refractivity contribution in [3.63, 3.8) is 0 Å². The first-order chi connectivity index (χ1) is 7.74. The lowest BCUT2D eigenvalue weighted by Crippen LogP contribution is -2.00. The highest BCUT2D eigenvalue weighted by molar-refractivity contribution is 8.42. The zero-order valence-electron chi connectivity index (χ0n) is 8.06. The molecule has 0 aromatic carbocycles. The number of thioether (sulfide) groups is 5. The molecule has 0 saturated carbocycles. The molecule has 0 aromatic heterocycles. The van der Waals surface area contributed by atoms with Gasteiger partial charge in [0.1, 0.15) is 0 Å². The number of rotatable bonds is 0. The normalized spacial score (nSPS) is 24.8. The van der Waals surface area contributed by atoms with Crippen molar-refractivity contribution in [2.45, 2.75) is 6.42 Å². The van der Waals surface area contributed by atoms with E-state index in [9.17, 15) is 0 Å². The molecule has 0 bridgehead atoms. The van der Waals surface area contributed by atoms with E-state index in [-0.39, 0.29) is 0 Å². The summed E-state index contributed by atoms with van der Waals surface area (Å²) in [5.41, 5.74) is 12.5. The number of allylic oxidation sites excluding steroid dienone is 1. The highest BCUT2D eigenvalue weighted by Crippen LogP contribution is 2.62. The van der Waals surface area contributed by atoms with Gasteiger partial charge in [-0.3, -0.25) is 0 Å². The highest BCUT2D eigenvalue weighted by atomic mass is 32.3. The summed E-state index contributed by atoms with van der Waals surface area (Å²) in [6, 6.07) is 0. The maximum atomic E-state index is 5.83. The molecule has 3 aliphatic rings. The Morgan fingerprint density at radius 1 is 0.875 bits per heavy atom. The maximum absolute atomic E-state index is 5.83. The smallest absolute Gasteiger partial charge is 0.0896 e. The molecule has 0 aliphatic carbocycles. The Kier molecular flexibility index (Phi) is 3.23. The lowest BCUT2D eigenvalue weighted by Gasteiger charge is -2.02. The molecule has 16 heavy (non-hydrogen) atoms. The van der Waals surface area contributed by atoms with E-state index in [1.54, 1.807) is 35.3 Å². The fourth-order valence-corrected chi connectivity index (χ4v) is 7.64. The Morgan fingerprint density at radius 2 is 1.50 bits per heavy atom. The van der Waals surface area contributed by atoms with Crippen LogP contribution in [0.3, 0.4) is 0 Å². The molecular formula is C9H8N2S5. The van der Waals surface area contributed by atoms with Crippen LogP contribution in [0.5, 0.6) is 0 Å². The molecule has 3 aliphatic heterocycles. The van der Waals surface area contributed by atoms with Crippen molar-refractivity contribution in [2.75, 3.05) is 0 Å². The molecular weight excluding hydrogens is 296 g/mol. The minimum absolute atomic E-state index is 0.770. The summed E-state index contributed by atoms with van der Waals surface area (Å²) < 4.78 is 4.14. The van der Waals surface area contributed by atoms with E-state index in [1.807, 2.05) is 23.5 Å². The van der Waals surface area contributed by atoms with Gasteiger partial charge in [0.2, 0.25) is 0 Å². The first kappa shape index (κ1) is 11.4. The number of hydrogen-bond donors (Lipinski definition) is 2. The Balaban J connectivity index is 1.79. The van der Waals surface area contributed by atoms with E-state index < -0.39 is 0 Å². The summed E-state index contributed by atoms with van der Waals surface area (Å²) in [5.74, 6) is 0. The second-order valence-corrected chi connectivity index (χ2v) is 8.95. The van der Waals surface area contributed by atoms with Gasteiger partial charge in [-0.05, 0) is 10.8 Å². The molecule has 84 valence electrons. The SMILES string of the molecule is NC1=C(N)SC(=C2SC3=C(SC=CS3)S2)C1. The minimum atomic E-state index is 0.770. The Bertz CT molecular complexity index is 436. The first-order valence-corrected chi connectivity index (χ1v) is 8.68. The van der Waals surface area contributed by atoms with Crippen LogP contribution in [0.2, 0.25) is 0 Å². The van der Waals surface area contributed by atoms with Crippen LogP contribution in [0.1, 0.15) is 6.42 Å². The van der Waals surface area contributed by atoms with E-state index in [2.05, 4.69) is 10.8 Å². The van der Waals surface area contributed by atoms with E-state index in [4.69, 9.17) is 11.5 Å². The summed E-state index contributed by atoms with van der Waals surface area (Å²) in [5, 5.41) is 5.04. The van der Waals surface area contributed by atoms with Gasteiger partial charge < -0.3 is 11.5 Å². The lowest BCUT2D eigenvalue weighted by atomic mass is 10.3. The minimum Gasteiger partial charge on any atom is -0.400 e. The summed E-state index contributed by atoms with van der Waals surface area (Å²) in [6.07, 6.45) is 0.815. The van der Waals surface area contributed by atoms with Gasteiger partial charge >= 0.3 is 0 Å². The van der Waals surface area contributed by atoms with E-state index in [0.717, 1.165) is 17.1 Å². The largest absolute Gasteiger partial charge is 0.400 e. The molecule has 2 nitrogen and oxygen atoms in total. The van der Waals surface area contributed by atoms with E-state index >= 15 is 0 Å². The average molecular weight is 305 g/mol. The molecule has 0 fully saturated rings. The Labute approximate surface area is 115 Å². The summed E-state index contributed by atoms with van der Waals surface area (Å²) in [7, 11) is 0. The zero-order valence-corrected chi connectivity index (χ0v) is 12.1. The van der Waals surface area contributed by atoms with Crippen molar-refractivity contribution in [1.82, 2.24) is 0 Å². The molecule has 0 aromatic rings. The summed E-state index contributed by atoms with van der Waals surface area (Å²) in [6.45, 7) is 0. The Morgan fingerprint density at radius 3 is 2.00 bits per heavy atom. The molecule has 0 saturated heterocycles. The topological polar surface area (TPSA) is 52.0 Å². The van der Waals surface area contributed by atoms with Crippen LogP contribution in [-0.4, -0.2) is 0 Å². The van der Waals surface area contributed by atoms with Gasteiger partial charge in [-0.15, -0.1) is 0 Å². The van der Waals surface area contributed by atoms with Crippen molar-refractivity contribution in [2.24, 2.45) is 11.5 Å². The van der Waals surface area contributed by atoms with Gasteiger partial charge in [0.05, 0.1) is 17.7 Å². The predicted molar refractivity (Wildman–Crippen MR) is 81.2 cm³/mol. The van der Waals surface area contributed by atoms with Crippen molar-refractivity contribution in [3.05, 3.63) is 39.2 Å². The second kappa shape index (κ2) is 4.53. The van der Waals surface area contributed by atoms with Crippen molar-refractivity contribution >= 4 is 58.8 Å². The molecule has 3 heterocycles. The van der Waals surface area contributed by atoms with Gasteiger partial charge in [0.15, 0.2) is 0 Å². The van der Waals surface area contributed by atoms with Gasteiger partial charge in [-0.2, -0.15) is 0 Å². The van der Waals surface area contributed by atoms with Crippen molar-refractivity contribution < 1.29 is 0 Å². The van der Waals surface area contributed by atoms with Crippen LogP contribution in [0.4, 0.5) is 0 Å². The molecule has 0 spiro atoms. The fraction of sp³-hybridized carbons (Fsp3) is 0.111. The van der Waals surface area contributed by atoms with Gasteiger partial charge in [-0.25, -0.2) is 0 Å². The molecule has 0 amide bonds. The zero-order chi connectivity index (χ0) is 11.1. The molecule has 0 radical (unpaired) electrons. The molecule has 7 heteroatoms.